The van der Waals surface area contributed by atoms with Crippen LogP contribution in [0.1, 0.15) is 18.9 Å². The summed E-state index contributed by atoms with van der Waals surface area (Å²) in [6, 6.07) is 6.25. The van der Waals surface area contributed by atoms with E-state index in [0.717, 1.165) is 0 Å². The van der Waals surface area contributed by atoms with Gasteiger partial charge in [0.15, 0.2) is 0 Å². The molecule has 0 aromatic heterocycles. The summed E-state index contributed by atoms with van der Waals surface area (Å²) >= 11 is 0. The Kier molecular flexibility index (Phi) is 5.27. The van der Waals surface area contributed by atoms with E-state index in [4.69, 9.17) is 9.84 Å². The molecule has 0 bridgehead atoms. The Hall–Kier alpha value is -2.21. The van der Waals surface area contributed by atoms with Crippen molar-refractivity contribution in [2.24, 2.45) is 0 Å². The predicted octanol–water partition coefficient (Wildman–Crippen LogP) is 1.93. The molecule has 1 atom stereocenters. The number of nitrogens with zero attached hydrogens (tertiary/aromatic N) is 1. The van der Waals surface area contributed by atoms with Crippen LogP contribution >= 0.6 is 0 Å². The fraction of sp³-hybridized carbons (Fsp3) is 0.375. The Bertz CT molecular complexity index is 600. The van der Waals surface area contributed by atoms with Crippen LogP contribution in [0, 0.1) is 5.82 Å². The van der Waals surface area contributed by atoms with E-state index in [0.29, 0.717) is 24.3 Å². The van der Waals surface area contributed by atoms with Gasteiger partial charge >= 0.3 is 5.97 Å². The van der Waals surface area contributed by atoms with Crippen LogP contribution in [0.4, 0.5) is 4.39 Å². The van der Waals surface area contributed by atoms with Crippen molar-refractivity contribution >= 4 is 17.4 Å². The van der Waals surface area contributed by atoms with Crippen molar-refractivity contribution in [3.63, 3.8) is 0 Å². The number of hydrogen-bond acceptors (Lipinski definition) is 3. The van der Waals surface area contributed by atoms with Gasteiger partial charge < -0.3 is 14.7 Å². The van der Waals surface area contributed by atoms with Crippen LogP contribution in [-0.4, -0.2) is 47.7 Å². The topological polar surface area (TPSA) is 66.8 Å². The molecule has 22 heavy (non-hydrogen) atoms. The molecule has 1 aromatic rings. The van der Waals surface area contributed by atoms with E-state index in [1.807, 2.05) is 0 Å². The van der Waals surface area contributed by atoms with Gasteiger partial charge in [-0.3, -0.25) is 9.59 Å². The zero-order valence-electron chi connectivity index (χ0n) is 12.3. The number of carbonyl (C=O) groups excluding carboxylic acids is 1. The molecular weight excluding hydrogens is 289 g/mol. The summed E-state index contributed by atoms with van der Waals surface area (Å²) in [5.41, 5.74) is 0.913. The minimum atomic E-state index is -0.961. The van der Waals surface area contributed by atoms with Gasteiger partial charge in [-0.1, -0.05) is 18.2 Å². The van der Waals surface area contributed by atoms with Crippen LogP contribution in [0.25, 0.3) is 5.57 Å². The molecule has 1 unspecified atom stereocenters. The molecule has 1 aliphatic rings. The second kappa shape index (κ2) is 7.17. The Balaban J connectivity index is 2.06. The minimum absolute atomic E-state index is 0.139. The minimum Gasteiger partial charge on any atom is -0.481 e. The van der Waals surface area contributed by atoms with Gasteiger partial charge in [0.1, 0.15) is 5.82 Å². The Morgan fingerprint density at radius 2 is 2.18 bits per heavy atom. The second-order valence-corrected chi connectivity index (χ2v) is 5.18. The van der Waals surface area contributed by atoms with Crippen LogP contribution in [-0.2, 0) is 14.3 Å². The summed E-state index contributed by atoms with van der Waals surface area (Å²) in [6.45, 7) is 2.60. The number of carboxylic acids is 1. The molecule has 1 heterocycles. The summed E-state index contributed by atoms with van der Waals surface area (Å²) in [6.07, 6.45) is 0.735. The van der Waals surface area contributed by atoms with Crippen molar-refractivity contribution in [1.82, 2.24) is 4.90 Å². The number of allylic oxidation sites excluding steroid dienone is 1. The summed E-state index contributed by atoms with van der Waals surface area (Å²) in [4.78, 5) is 24.5. The molecule has 1 fully saturated rings. The van der Waals surface area contributed by atoms with Gasteiger partial charge in [-0.2, -0.15) is 0 Å². The van der Waals surface area contributed by atoms with Crippen molar-refractivity contribution in [3.05, 3.63) is 41.7 Å². The number of morpholine rings is 1. The first-order chi connectivity index (χ1) is 10.5. The highest BCUT2D eigenvalue weighted by Crippen LogP contribution is 2.18. The zero-order chi connectivity index (χ0) is 16.1. The number of carboxylic acid groups (broad SMARTS) is 1. The van der Waals surface area contributed by atoms with Gasteiger partial charge in [-0.25, -0.2) is 4.39 Å². The SMILES string of the molecule is C/C(=C/C(=O)N1CCOC(CC(=O)O)C1)c1ccccc1F. The molecule has 1 N–H and O–H groups in total. The number of carbonyl (C=O) groups is 2. The van der Waals surface area contributed by atoms with Gasteiger partial charge in [0.2, 0.25) is 5.91 Å². The maximum Gasteiger partial charge on any atom is 0.306 e. The van der Waals surface area contributed by atoms with Crippen molar-refractivity contribution in [2.75, 3.05) is 19.7 Å². The number of amides is 1. The quantitative estimate of drug-likeness (QED) is 0.863. The zero-order valence-corrected chi connectivity index (χ0v) is 12.3. The molecule has 0 saturated carbocycles. The van der Waals surface area contributed by atoms with E-state index < -0.39 is 12.1 Å². The number of halogens is 1. The predicted molar refractivity (Wildman–Crippen MR) is 78.6 cm³/mol. The average Bonchev–Trinajstić information content (AvgIpc) is 2.47. The first kappa shape index (κ1) is 16.2. The highest BCUT2D eigenvalue weighted by molar-refractivity contribution is 5.95. The third kappa shape index (κ3) is 4.14. The van der Waals surface area contributed by atoms with E-state index in [2.05, 4.69) is 0 Å². The molecule has 2 rings (SSSR count). The standard InChI is InChI=1S/C16H18FNO4/c1-11(13-4-2-3-5-14(13)17)8-15(19)18-6-7-22-12(10-18)9-16(20)21/h2-5,8,12H,6-7,9-10H2,1H3,(H,20,21)/b11-8-. The molecule has 6 heteroatoms. The third-order valence-corrected chi connectivity index (χ3v) is 3.49. The average molecular weight is 307 g/mol. The number of benzene rings is 1. The highest BCUT2D eigenvalue weighted by atomic mass is 19.1. The van der Waals surface area contributed by atoms with Gasteiger partial charge in [0.25, 0.3) is 0 Å². The van der Waals surface area contributed by atoms with E-state index in [-0.39, 0.29) is 24.7 Å². The summed E-state index contributed by atoms with van der Waals surface area (Å²) in [5.74, 6) is -1.60. The third-order valence-electron chi connectivity index (χ3n) is 3.49. The smallest absolute Gasteiger partial charge is 0.306 e. The van der Waals surface area contributed by atoms with Gasteiger partial charge in [-0.15, -0.1) is 0 Å². The number of aliphatic carboxylic acids is 1. The van der Waals surface area contributed by atoms with E-state index >= 15 is 0 Å². The van der Waals surface area contributed by atoms with Crippen LogP contribution in [0.15, 0.2) is 30.3 Å². The lowest BCUT2D eigenvalue weighted by Gasteiger charge is -2.31. The van der Waals surface area contributed by atoms with Gasteiger partial charge in [0, 0.05) is 24.7 Å². The Labute approximate surface area is 128 Å². The molecule has 1 saturated heterocycles. The summed E-state index contributed by atoms with van der Waals surface area (Å²) in [5, 5.41) is 8.78. The molecular formula is C16H18FNO4. The lowest BCUT2D eigenvalue weighted by Crippen LogP contribution is -2.45. The monoisotopic (exact) mass is 307 g/mol. The second-order valence-electron chi connectivity index (χ2n) is 5.18. The van der Waals surface area contributed by atoms with Crippen molar-refractivity contribution < 1.29 is 23.8 Å². The number of ether oxygens (including phenoxy) is 1. The molecule has 1 aromatic carbocycles. The fourth-order valence-corrected chi connectivity index (χ4v) is 2.37. The number of rotatable bonds is 4. The van der Waals surface area contributed by atoms with Crippen molar-refractivity contribution in [3.8, 4) is 0 Å². The summed E-state index contributed by atoms with van der Waals surface area (Å²) in [7, 11) is 0. The fourth-order valence-electron chi connectivity index (χ4n) is 2.37. The van der Waals surface area contributed by atoms with Crippen molar-refractivity contribution in [1.29, 1.82) is 0 Å². The maximum atomic E-state index is 13.7. The first-order valence-corrected chi connectivity index (χ1v) is 7.03. The van der Waals surface area contributed by atoms with Crippen LogP contribution in [0.2, 0.25) is 0 Å². The van der Waals surface area contributed by atoms with Crippen LogP contribution < -0.4 is 0 Å². The lowest BCUT2D eigenvalue weighted by molar-refractivity contribution is -0.145. The van der Waals surface area contributed by atoms with E-state index in [9.17, 15) is 14.0 Å². The largest absolute Gasteiger partial charge is 0.481 e. The molecule has 1 amide bonds. The van der Waals surface area contributed by atoms with E-state index in [1.54, 1.807) is 25.1 Å². The Morgan fingerprint density at radius 1 is 1.45 bits per heavy atom. The summed E-state index contributed by atoms with van der Waals surface area (Å²) < 4.78 is 19.0. The lowest BCUT2D eigenvalue weighted by atomic mass is 10.1. The van der Waals surface area contributed by atoms with Gasteiger partial charge in [-0.05, 0) is 18.6 Å². The molecule has 0 radical (unpaired) electrons. The maximum absolute atomic E-state index is 13.7. The molecule has 118 valence electrons. The number of hydrogen-bond donors (Lipinski definition) is 1. The van der Waals surface area contributed by atoms with Crippen molar-refractivity contribution in [2.45, 2.75) is 19.4 Å². The molecule has 1 aliphatic heterocycles. The molecule has 0 aliphatic carbocycles. The Morgan fingerprint density at radius 3 is 2.86 bits per heavy atom. The molecule has 0 spiro atoms. The highest BCUT2D eigenvalue weighted by Gasteiger charge is 2.25. The van der Waals surface area contributed by atoms with E-state index in [1.165, 1.54) is 17.0 Å². The van der Waals surface area contributed by atoms with Crippen LogP contribution in [0.5, 0.6) is 0 Å². The van der Waals surface area contributed by atoms with Crippen LogP contribution in [0.3, 0.4) is 0 Å². The normalized spacial score (nSPS) is 19.1. The van der Waals surface area contributed by atoms with Gasteiger partial charge in [0.05, 0.1) is 19.1 Å². The molecule has 5 nitrogen and oxygen atoms in total. The first-order valence-electron chi connectivity index (χ1n) is 7.03.